The van der Waals surface area contributed by atoms with Crippen molar-refractivity contribution in [1.82, 2.24) is 4.98 Å². The van der Waals surface area contributed by atoms with Gasteiger partial charge in [-0.15, -0.1) is 0 Å². The van der Waals surface area contributed by atoms with Crippen LogP contribution >= 0.6 is 11.6 Å². The summed E-state index contributed by atoms with van der Waals surface area (Å²) in [5, 5.41) is 0.636. The van der Waals surface area contributed by atoms with Crippen LogP contribution in [0.15, 0.2) is 36.5 Å². The number of benzene rings is 1. The maximum absolute atomic E-state index is 12.4. The zero-order valence-electron chi connectivity index (χ0n) is 15.0. The second kappa shape index (κ2) is 8.37. The predicted molar refractivity (Wildman–Crippen MR) is 103 cm³/mol. The van der Waals surface area contributed by atoms with Crippen LogP contribution in [-0.4, -0.2) is 24.7 Å². The number of methoxy groups -OCH3 is 1. The summed E-state index contributed by atoms with van der Waals surface area (Å²) >= 11 is 6.12. The van der Waals surface area contributed by atoms with Gasteiger partial charge in [0.25, 0.3) is 0 Å². The van der Waals surface area contributed by atoms with E-state index >= 15 is 0 Å². The molecular weight excluding hydrogens is 350 g/mol. The molecule has 0 amide bonds. The number of carbonyl (C=O) groups is 1. The summed E-state index contributed by atoms with van der Waals surface area (Å²) in [6, 6.07) is 9.49. The van der Waals surface area contributed by atoms with Crippen LogP contribution in [0.5, 0.6) is 5.75 Å². The van der Waals surface area contributed by atoms with Crippen molar-refractivity contribution in [1.29, 1.82) is 0 Å². The van der Waals surface area contributed by atoms with Gasteiger partial charge in [-0.2, -0.15) is 0 Å². The molecule has 0 fully saturated rings. The largest absolute Gasteiger partial charge is 0.496 e. The van der Waals surface area contributed by atoms with Crippen molar-refractivity contribution in [3.8, 4) is 5.75 Å². The molecule has 0 aliphatic heterocycles. The Balaban J connectivity index is 2.17. The van der Waals surface area contributed by atoms with Crippen LogP contribution in [0.1, 0.15) is 54.2 Å². The van der Waals surface area contributed by atoms with Gasteiger partial charge in [-0.05, 0) is 68.0 Å². The van der Waals surface area contributed by atoms with Gasteiger partial charge in [0, 0.05) is 22.3 Å². The molecule has 0 radical (unpaired) electrons. The lowest BCUT2D eigenvalue weighted by molar-refractivity contribution is 0.0519. The van der Waals surface area contributed by atoms with Crippen molar-refractivity contribution in [2.45, 2.75) is 32.6 Å². The molecule has 5 heteroatoms. The molecule has 0 bridgehead atoms. The van der Waals surface area contributed by atoms with E-state index in [4.69, 9.17) is 21.1 Å². The monoisotopic (exact) mass is 371 g/mol. The fourth-order valence-corrected chi connectivity index (χ4v) is 3.59. The molecule has 0 saturated heterocycles. The Morgan fingerprint density at radius 2 is 1.88 bits per heavy atom. The van der Waals surface area contributed by atoms with Crippen molar-refractivity contribution >= 4 is 28.7 Å². The normalized spacial score (nSPS) is 14.3. The second-order valence-corrected chi connectivity index (χ2v) is 6.57. The Morgan fingerprint density at radius 1 is 1.15 bits per heavy atom. The van der Waals surface area contributed by atoms with Crippen LogP contribution in [0.3, 0.4) is 0 Å². The average Bonchev–Trinajstić information content (AvgIpc) is 2.68. The Kier molecular flexibility index (Phi) is 5.94. The number of pyridine rings is 1. The lowest BCUT2D eigenvalue weighted by Crippen LogP contribution is -2.12. The summed E-state index contributed by atoms with van der Waals surface area (Å²) in [5.41, 5.74) is 4.55. The van der Waals surface area contributed by atoms with E-state index in [0.717, 1.165) is 48.1 Å². The third-order valence-corrected chi connectivity index (χ3v) is 4.79. The van der Waals surface area contributed by atoms with Crippen LogP contribution < -0.4 is 4.74 Å². The molecule has 0 saturated carbocycles. The van der Waals surface area contributed by atoms with E-state index < -0.39 is 0 Å². The first-order valence-corrected chi connectivity index (χ1v) is 9.22. The maximum atomic E-state index is 12.4. The predicted octanol–water partition coefficient (Wildman–Crippen LogP) is 5.41. The molecule has 0 atom stereocenters. The number of nitrogens with zero attached hydrogens (tertiary/aromatic N) is 1. The van der Waals surface area contributed by atoms with Gasteiger partial charge in [-0.3, -0.25) is 0 Å². The van der Waals surface area contributed by atoms with Gasteiger partial charge < -0.3 is 9.47 Å². The Hall–Kier alpha value is -2.33. The van der Waals surface area contributed by atoms with Crippen LogP contribution in [-0.2, 0) is 4.74 Å². The van der Waals surface area contributed by atoms with Gasteiger partial charge >= 0.3 is 5.97 Å². The third kappa shape index (κ3) is 3.75. The van der Waals surface area contributed by atoms with Gasteiger partial charge in [0.2, 0.25) is 0 Å². The summed E-state index contributed by atoms with van der Waals surface area (Å²) in [4.78, 5) is 16.7. The highest BCUT2D eigenvalue weighted by Crippen LogP contribution is 2.42. The van der Waals surface area contributed by atoms with Crippen molar-refractivity contribution in [2.24, 2.45) is 0 Å². The summed E-state index contributed by atoms with van der Waals surface area (Å²) in [6.07, 6.45) is 5.61. The van der Waals surface area contributed by atoms with Crippen LogP contribution in [0, 0.1) is 0 Å². The maximum Gasteiger partial charge on any atom is 0.357 e. The molecule has 1 aliphatic carbocycles. The first kappa shape index (κ1) is 18.5. The number of halogens is 1. The van der Waals surface area contributed by atoms with E-state index in [1.165, 1.54) is 5.57 Å². The SMILES string of the molecule is CCOC(=O)c1ncccc1C1=C(c2ccc(Cl)cc2OC)CCCC1. The zero-order valence-corrected chi connectivity index (χ0v) is 15.8. The van der Waals surface area contributed by atoms with Crippen molar-refractivity contribution in [2.75, 3.05) is 13.7 Å². The summed E-state index contributed by atoms with van der Waals surface area (Å²) in [5.74, 6) is 0.358. The first-order valence-electron chi connectivity index (χ1n) is 8.84. The molecule has 1 heterocycles. The van der Waals surface area contributed by atoms with Crippen LogP contribution in [0.2, 0.25) is 5.02 Å². The number of hydrogen-bond acceptors (Lipinski definition) is 4. The first-order chi connectivity index (χ1) is 12.7. The summed E-state index contributed by atoms with van der Waals surface area (Å²) in [7, 11) is 1.65. The lowest BCUT2D eigenvalue weighted by Gasteiger charge is -2.23. The molecule has 136 valence electrons. The molecular formula is C21H22ClNO3. The highest BCUT2D eigenvalue weighted by Gasteiger charge is 2.23. The Morgan fingerprint density at radius 3 is 2.58 bits per heavy atom. The van der Waals surface area contributed by atoms with E-state index in [0.29, 0.717) is 17.3 Å². The molecule has 0 spiro atoms. The fraction of sp³-hybridized carbons (Fsp3) is 0.333. The standard InChI is InChI=1S/C21H22ClNO3/c1-3-26-21(24)20-18(9-6-12-23-20)16-8-5-4-7-15(16)17-11-10-14(22)13-19(17)25-2/h6,9-13H,3-5,7-8H2,1-2H3. The minimum Gasteiger partial charge on any atom is -0.496 e. The highest BCUT2D eigenvalue weighted by atomic mass is 35.5. The number of rotatable bonds is 5. The quantitative estimate of drug-likeness (QED) is 0.660. The third-order valence-electron chi connectivity index (χ3n) is 4.56. The summed E-state index contributed by atoms with van der Waals surface area (Å²) < 4.78 is 10.7. The van der Waals surface area contributed by atoms with E-state index in [1.807, 2.05) is 30.3 Å². The number of aromatic nitrogens is 1. The molecule has 4 nitrogen and oxygen atoms in total. The number of allylic oxidation sites excluding steroid dienone is 2. The van der Waals surface area contributed by atoms with E-state index in [9.17, 15) is 4.79 Å². The average molecular weight is 372 g/mol. The van der Waals surface area contributed by atoms with Crippen LogP contribution in [0.25, 0.3) is 11.1 Å². The second-order valence-electron chi connectivity index (χ2n) is 6.13. The fourth-order valence-electron chi connectivity index (χ4n) is 3.43. The number of carbonyl (C=O) groups excluding carboxylic acids is 1. The van der Waals surface area contributed by atoms with Gasteiger partial charge in [0.15, 0.2) is 5.69 Å². The molecule has 1 aromatic heterocycles. The molecule has 3 rings (SSSR count). The highest BCUT2D eigenvalue weighted by molar-refractivity contribution is 6.30. The minimum atomic E-state index is -0.386. The molecule has 26 heavy (non-hydrogen) atoms. The van der Waals surface area contributed by atoms with E-state index in [-0.39, 0.29) is 5.97 Å². The van der Waals surface area contributed by atoms with Crippen molar-refractivity contribution in [3.63, 3.8) is 0 Å². The number of esters is 1. The van der Waals surface area contributed by atoms with Gasteiger partial charge in [0.05, 0.1) is 13.7 Å². The number of ether oxygens (including phenoxy) is 2. The Bertz CT molecular complexity index is 845. The lowest BCUT2D eigenvalue weighted by atomic mass is 9.83. The van der Waals surface area contributed by atoms with Gasteiger partial charge in [-0.25, -0.2) is 9.78 Å². The minimum absolute atomic E-state index is 0.325. The zero-order chi connectivity index (χ0) is 18.5. The van der Waals surface area contributed by atoms with E-state index in [1.54, 1.807) is 20.2 Å². The van der Waals surface area contributed by atoms with E-state index in [2.05, 4.69) is 4.98 Å². The molecule has 0 N–H and O–H groups in total. The molecule has 1 aromatic carbocycles. The van der Waals surface area contributed by atoms with Crippen molar-refractivity contribution in [3.05, 3.63) is 58.4 Å². The number of hydrogen-bond donors (Lipinski definition) is 0. The van der Waals surface area contributed by atoms with Crippen LogP contribution in [0.4, 0.5) is 0 Å². The smallest absolute Gasteiger partial charge is 0.357 e. The van der Waals surface area contributed by atoms with Crippen molar-refractivity contribution < 1.29 is 14.3 Å². The van der Waals surface area contributed by atoms with Gasteiger partial charge in [-0.1, -0.05) is 17.7 Å². The molecule has 2 aromatic rings. The van der Waals surface area contributed by atoms with Gasteiger partial charge in [0.1, 0.15) is 5.75 Å². The molecule has 1 aliphatic rings. The molecule has 0 unspecified atom stereocenters. The summed E-state index contributed by atoms with van der Waals surface area (Å²) in [6.45, 7) is 2.12. The Labute approximate surface area is 158 Å². The topological polar surface area (TPSA) is 48.4 Å².